The fourth-order valence-electron chi connectivity index (χ4n) is 0. The summed E-state index contributed by atoms with van der Waals surface area (Å²) in [6.45, 7) is 7.40. The third-order valence-corrected chi connectivity index (χ3v) is 1.15. The molecule has 0 amide bonds. The Kier molecular flexibility index (Phi) is 1.60. The van der Waals surface area contributed by atoms with Crippen molar-refractivity contribution < 1.29 is 0 Å². The predicted octanol–water partition coefficient (Wildman–Crippen LogP) is 1.31. The summed E-state index contributed by atoms with van der Waals surface area (Å²) in [5.74, 6) is 0. The van der Waals surface area contributed by atoms with Gasteiger partial charge in [0.15, 0.2) is 0 Å². The number of hydrogen-bond donors (Lipinski definition) is 0. The first kappa shape index (κ1) is 5.97. The Labute approximate surface area is 39.1 Å². The molecule has 0 fully saturated rings. The van der Waals surface area contributed by atoms with Crippen molar-refractivity contribution in [3.8, 4) is 0 Å². The SMILES string of the molecule is C=NP(=C)(C)C. The molecule has 36 valence electrons. The highest BCUT2D eigenvalue weighted by Crippen LogP contribution is 2.35. The number of rotatable bonds is 1. The van der Waals surface area contributed by atoms with Crippen LogP contribution in [0.5, 0.6) is 0 Å². The molecule has 0 bridgehead atoms. The molecule has 2 heteroatoms. The second kappa shape index (κ2) is 1.61. The highest BCUT2D eigenvalue weighted by molar-refractivity contribution is 7.71. The largest absolute Gasteiger partial charge is 0.280 e. The summed E-state index contributed by atoms with van der Waals surface area (Å²) in [6, 6.07) is 0. The van der Waals surface area contributed by atoms with Gasteiger partial charge in [0.2, 0.25) is 0 Å². The van der Waals surface area contributed by atoms with Crippen LogP contribution < -0.4 is 0 Å². The Morgan fingerprint density at radius 3 is 1.67 bits per heavy atom. The molecule has 0 aromatic heterocycles. The average molecular weight is 103 g/mol. The third kappa shape index (κ3) is 3.97. The first-order valence-electron chi connectivity index (χ1n) is 1.73. The van der Waals surface area contributed by atoms with Gasteiger partial charge in [-0.1, -0.05) is 6.30 Å². The Hall–Kier alpha value is -0.0300. The van der Waals surface area contributed by atoms with Crippen LogP contribution in [0.2, 0.25) is 0 Å². The number of nitrogens with zero attached hydrogens (tertiary/aromatic N) is 1. The zero-order chi connectivity index (χ0) is 5.21. The molecule has 0 aliphatic rings. The molecule has 0 N–H and O–H groups in total. The van der Waals surface area contributed by atoms with E-state index in [-0.39, 0.29) is 0 Å². The quantitative estimate of drug-likeness (QED) is 0.350. The Balaban J connectivity index is 3.81. The zero-order valence-corrected chi connectivity index (χ0v) is 5.20. The van der Waals surface area contributed by atoms with Gasteiger partial charge in [0.05, 0.1) is 0 Å². The van der Waals surface area contributed by atoms with Gasteiger partial charge in [0.1, 0.15) is 0 Å². The fourth-order valence-corrected chi connectivity index (χ4v) is 0. The van der Waals surface area contributed by atoms with E-state index in [2.05, 4.69) is 17.8 Å². The van der Waals surface area contributed by atoms with Crippen LogP contribution in [0.4, 0.5) is 0 Å². The van der Waals surface area contributed by atoms with Crippen LogP contribution >= 0.6 is 7.04 Å². The topological polar surface area (TPSA) is 12.4 Å². The van der Waals surface area contributed by atoms with Crippen LogP contribution in [0.3, 0.4) is 0 Å². The molecule has 0 aliphatic heterocycles. The Morgan fingerprint density at radius 2 is 1.67 bits per heavy atom. The summed E-state index contributed by atoms with van der Waals surface area (Å²) in [5.41, 5.74) is 0. The molecule has 0 aromatic carbocycles. The van der Waals surface area contributed by atoms with E-state index >= 15 is 0 Å². The molecule has 0 rings (SSSR count). The molecular formula is C4H10NP. The van der Waals surface area contributed by atoms with Crippen molar-refractivity contribution in [1.29, 1.82) is 0 Å². The normalized spacial score (nSPS) is 11.0. The summed E-state index contributed by atoms with van der Waals surface area (Å²) in [5, 5.41) is 0. The molecule has 6 heavy (non-hydrogen) atoms. The van der Waals surface area contributed by atoms with Gasteiger partial charge in [0, 0.05) is 0 Å². The molecular weight excluding hydrogens is 93.0 g/mol. The van der Waals surface area contributed by atoms with E-state index in [1.54, 1.807) is 0 Å². The van der Waals surface area contributed by atoms with Crippen LogP contribution in [-0.4, -0.2) is 26.3 Å². The van der Waals surface area contributed by atoms with Gasteiger partial charge in [-0.05, 0) is 27.1 Å². The standard InChI is InChI=1S/C4H10NP/c1-5-6(2,3)4/h1-2H2,3-4H3. The van der Waals surface area contributed by atoms with E-state index in [0.717, 1.165) is 0 Å². The van der Waals surface area contributed by atoms with Crippen LogP contribution in [0, 0.1) is 0 Å². The first-order valence-corrected chi connectivity index (χ1v) is 4.55. The smallest absolute Gasteiger partial charge is 0.0109 e. The maximum Gasteiger partial charge on any atom is -0.0109 e. The van der Waals surface area contributed by atoms with Crippen molar-refractivity contribution in [1.82, 2.24) is 0 Å². The second-order valence-corrected chi connectivity index (χ2v) is 5.29. The van der Waals surface area contributed by atoms with Gasteiger partial charge in [-0.15, -0.1) is 0 Å². The van der Waals surface area contributed by atoms with E-state index in [0.29, 0.717) is 0 Å². The predicted molar refractivity (Wildman–Crippen MR) is 35.4 cm³/mol. The minimum atomic E-state index is -1.13. The molecule has 0 spiro atoms. The lowest BCUT2D eigenvalue weighted by Crippen LogP contribution is -1.62. The van der Waals surface area contributed by atoms with Crippen molar-refractivity contribution in [2.45, 2.75) is 0 Å². The second-order valence-electron chi connectivity index (χ2n) is 1.76. The summed E-state index contributed by atoms with van der Waals surface area (Å²) < 4.78 is 3.77. The maximum atomic E-state index is 3.77. The zero-order valence-electron chi connectivity index (χ0n) is 4.31. The summed E-state index contributed by atoms with van der Waals surface area (Å²) in [7, 11) is -1.13. The van der Waals surface area contributed by atoms with Gasteiger partial charge >= 0.3 is 0 Å². The Morgan fingerprint density at radius 1 is 1.50 bits per heavy atom. The molecule has 0 saturated heterocycles. The molecule has 0 aliphatic carbocycles. The molecule has 0 atom stereocenters. The van der Waals surface area contributed by atoms with Crippen LogP contribution in [-0.2, 0) is 0 Å². The Bertz CT molecular complexity index is 89.7. The lowest BCUT2D eigenvalue weighted by molar-refractivity contribution is 1.88. The van der Waals surface area contributed by atoms with Crippen molar-refractivity contribution in [2.75, 3.05) is 13.3 Å². The van der Waals surface area contributed by atoms with Crippen LogP contribution in [0.15, 0.2) is 4.76 Å². The fraction of sp³-hybridized carbons (Fsp3) is 0.500. The maximum absolute atomic E-state index is 3.77. The average Bonchev–Trinajstić information content (AvgIpc) is 1.35. The monoisotopic (exact) mass is 103 g/mol. The summed E-state index contributed by atoms with van der Waals surface area (Å²) in [4.78, 5) is 0. The molecule has 1 nitrogen and oxygen atoms in total. The molecule has 0 radical (unpaired) electrons. The van der Waals surface area contributed by atoms with Gasteiger partial charge in [-0.2, -0.15) is 0 Å². The van der Waals surface area contributed by atoms with Gasteiger partial charge in [-0.25, -0.2) is 0 Å². The molecule has 0 saturated carbocycles. The molecule has 0 heterocycles. The first-order chi connectivity index (χ1) is 2.56. The van der Waals surface area contributed by atoms with Crippen molar-refractivity contribution in [3.63, 3.8) is 0 Å². The van der Waals surface area contributed by atoms with Crippen molar-refractivity contribution in [2.24, 2.45) is 4.76 Å². The lowest BCUT2D eigenvalue weighted by atomic mass is 11.8. The van der Waals surface area contributed by atoms with Gasteiger partial charge in [0.25, 0.3) is 0 Å². The highest BCUT2D eigenvalue weighted by Gasteiger charge is 1.85. The van der Waals surface area contributed by atoms with E-state index in [9.17, 15) is 0 Å². The lowest BCUT2D eigenvalue weighted by Gasteiger charge is -1.98. The van der Waals surface area contributed by atoms with Crippen LogP contribution in [0.25, 0.3) is 0 Å². The van der Waals surface area contributed by atoms with Crippen LogP contribution in [0.1, 0.15) is 0 Å². The van der Waals surface area contributed by atoms with Crippen molar-refractivity contribution in [3.05, 3.63) is 0 Å². The highest BCUT2D eigenvalue weighted by atomic mass is 31.2. The third-order valence-electron chi connectivity index (χ3n) is 0.383. The van der Waals surface area contributed by atoms with Gasteiger partial charge < -0.3 is 0 Å². The minimum Gasteiger partial charge on any atom is -0.280 e. The molecule has 0 aromatic rings. The van der Waals surface area contributed by atoms with Gasteiger partial charge in [-0.3, -0.25) is 4.76 Å². The number of hydrogen-bond acceptors (Lipinski definition) is 1. The van der Waals surface area contributed by atoms with E-state index in [1.165, 1.54) is 0 Å². The summed E-state index contributed by atoms with van der Waals surface area (Å²) in [6.07, 6.45) is 3.77. The van der Waals surface area contributed by atoms with E-state index in [4.69, 9.17) is 0 Å². The van der Waals surface area contributed by atoms with E-state index in [1.807, 2.05) is 13.3 Å². The summed E-state index contributed by atoms with van der Waals surface area (Å²) >= 11 is 0. The molecule has 0 unspecified atom stereocenters. The van der Waals surface area contributed by atoms with Crippen molar-refractivity contribution >= 4 is 20.1 Å². The minimum absolute atomic E-state index is 1.13. The van der Waals surface area contributed by atoms with E-state index < -0.39 is 7.04 Å².